The van der Waals surface area contributed by atoms with Gasteiger partial charge in [0, 0.05) is 17.9 Å². The summed E-state index contributed by atoms with van der Waals surface area (Å²) in [5.74, 6) is -0.373. The number of rotatable bonds is 14. The molecule has 2 fully saturated rings. The zero-order valence-corrected chi connectivity index (χ0v) is 25.0. The van der Waals surface area contributed by atoms with Crippen molar-refractivity contribution in [2.45, 2.75) is 96.2 Å². The maximum Gasteiger partial charge on any atom is 0.145 e. The van der Waals surface area contributed by atoms with E-state index in [-0.39, 0.29) is 31.0 Å². The van der Waals surface area contributed by atoms with Crippen LogP contribution in [0.15, 0.2) is 58.7 Å². The van der Waals surface area contributed by atoms with Crippen molar-refractivity contribution in [3.8, 4) is 0 Å². The maximum absolute atomic E-state index is 12.5. The van der Waals surface area contributed by atoms with Crippen molar-refractivity contribution in [1.82, 2.24) is 5.32 Å². The first-order valence-corrected chi connectivity index (χ1v) is 15.3. The van der Waals surface area contributed by atoms with Crippen molar-refractivity contribution in [2.75, 3.05) is 26.8 Å². The summed E-state index contributed by atoms with van der Waals surface area (Å²) in [5.41, 5.74) is 3.01. The van der Waals surface area contributed by atoms with E-state index in [2.05, 4.69) is 31.8 Å². The Morgan fingerprint density at radius 1 is 1.23 bits per heavy atom. The molecule has 2 saturated carbocycles. The second-order valence-electron chi connectivity index (χ2n) is 12.6. The number of aldehydes is 1. The number of hydrogen-bond donors (Lipinski definition) is 5. The summed E-state index contributed by atoms with van der Waals surface area (Å²) in [6.45, 7) is 8.78. The van der Waals surface area contributed by atoms with Gasteiger partial charge in [0.05, 0.1) is 18.3 Å². The first-order valence-electron chi connectivity index (χ1n) is 15.3. The first-order chi connectivity index (χ1) is 19.2. The van der Waals surface area contributed by atoms with Gasteiger partial charge in [-0.2, -0.15) is 0 Å². The van der Waals surface area contributed by atoms with Gasteiger partial charge in [0.15, 0.2) is 0 Å². The van der Waals surface area contributed by atoms with E-state index in [1.165, 1.54) is 5.57 Å². The van der Waals surface area contributed by atoms with E-state index >= 15 is 0 Å². The Morgan fingerprint density at radius 2 is 2.00 bits per heavy atom. The third-order valence-electron chi connectivity index (χ3n) is 9.94. The highest BCUT2D eigenvalue weighted by Gasteiger charge is 2.67. The lowest BCUT2D eigenvalue weighted by Gasteiger charge is -2.60. The van der Waals surface area contributed by atoms with Gasteiger partial charge in [-0.15, -0.1) is 0 Å². The zero-order chi connectivity index (χ0) is 29.3. The summed E-state index contributed by atoms with van der Waals surface area (Å²) in [7, 11) is 1.87. The normalized spacial score (nSPS) is 32.5. The molecule has 0 unspecified atom stereocenters. The largest absolute Gasteiger partial charge is 0.396 e. The number of nitrogens with one attached hydrogen (secondary N) is 1. The van der Waals surface area contributed by atoms with Crippen LogP contribution in [0.4, 0.5) is 0 Å². The molecule has 0 amide bonds. The second kappa shape index (κ2) is 14.9. The van der Waals surface area contributed by atoms with Crippen molar-refractivity contribution >= 4 is 6.29 Å². The van der Waals surface area contributed by atoms with Gasteiger partial charge in [-0.05, 0) is 121 Å². The van der Waals surface area contributed by atoms with Crippen molar-refractivity contribution in [2.24, 2.45) is 23.2 Å². The molecular formula is C34H53NO5. The third-order valence-corrected chi connectivity index (χ3v) is 9.94. The lowest BCUT2D eigenvalue weighted by molar-refractivity contribution is -0.190. The summed E-state index contributed by atoms with van der Waals surface area (Å²) in [6, 6.07) is 0. The Balaban J connectivity index is 2.00. The van der Waals surface area contributed by atoms with Crippen LogP contribution in [-0.2, 0) is 4.79 Å². The lowest BCUT2D eigenvalue weighted by atomic mass is 9.47. The van der Waals surface area contributed by atoms with Crippen molar-refractivity contribution in [1.29, 1.82) is 0 Å². The van der Waals surface area contributed by atoms with E-state index in [1.807, 2.05) is 25.3 Å². The summed E-state index contributed by atoms with van der Waals surface area (Å²) >= 11 is 0. The number of aliphatic hydroxyl groups is 4. The molecule has 0 heterocycles. The number of fused-ring (bicyclic) bond motifs is 1. The minimum absolute atomic E-state index is 0.0273. The smallest absolute Gasteiger partial charge is 0.145 e. The third kappa shape index (κ3) is 6.79. The number of allylic oxidation sites excluding steroid dienone is 8. The number of aliphatic hydroxyl groups excluding tert-OH is 3. The molecule has 6 nitrogen and oxygen atoms in total. The van der Waals surface area contributed by atoms with Gasteiger partial charge in [-0.3, -0.25) is 4.79 Å². The maximum atomic E-state index is 12.5. The molecule has 0 radical (unpaired) electrons. The molecule has 0 saturated heterocycles. The van der Waals surface area contributed by atoms with Gasteiger partial charge in [0.25, 0.3) is 0 Å². The van der Waals surface area contributed by atoms with Crippen LogP contribution in [0.3, 0.4) is 0 Å². The van der Waals surface area contributed by atoms with Crippen LogP contribution >= 0.6 is 0 Å². The first kappa shape index (κ1) is 32.7. The molecule has 5 N–H and O–H groups in total. The van der Waals surface area contributed by atoms with Crippen LogP contribution in [0, 0.1) is 23.2 Å². The van der Waals surface area contributed by atoms with Crippen molar-refractivity contribution in [3.05, 3.63) is 58.7 Å². The van der Waals surface area contributed by atoms with Gasteiger partial charge >= 0.3 is 0 Å². The quantitative estimate of drug-likeness (QED) is 0.118. The summed E-state index contributed by atoms with van der Waals surface area (Å²) in [5, 5.41) is 48.2. The van der Waals surface area contributed by atoms with Gasteiger partial charge in [-0.25, -0.2) is 0 Å². The molecule has 0 aliphatic heterocycles. The molecule has 3 aliphatic carbocycles. The molecule has 3 aliphatic rings. The Kier molecular flexibility index (Phi) is 12.2. The standard InChI is InChI=1S/C34H53NO5/c1-24(2)9-5-10-25(3)11-6-13-27(22-37)29-16-17-34(32(29)39)30(15-8-20-36)31-26(12-7-14-28(31)23-38)21-33(34,40)18-19-35-4/h6,9,11,13,23,26,29-30,32,35-37,39-40H,3,5,7-8,10,12,14-22H2,1-2,4H3/b11-6+,27-13-/t26-,29+,30+,32-,33-,34-/m1/s1. The molecule has 0 bridgehead atoms. The summed E-state index contributed by atoms with van der Waals surface area (Å²) in [6.07, 6.45) is 15.9. The second-order valence-corrected chi connectivity index (χ2v) is 12.6. The minimum Gasteiger partial charge on any atom is -0.396 e. The predicted molar refractivity (Wildman–Crippen MR) is 162 cm³/mol. The van der Waals surface area contributed by atoms with Crippen LogP contribution in [0.5, 0.6) is 0 Å². The van der Waals surface area contributed by atoms with Gasteiger partial charge in [-0.1, -0.05) is 47.6 Å². The topological polar surface area (TPSA) is 110 Å². The summed E-state index contributed by atoms with van der Waals surface area (Å²) in [4.78, 5) is 12.2. The number of carbonyl (C=O) groups excluding carboxylic acids is 1. The summed E-state index contributed by atoms with van der Waals surface area (Å²) < 4.78 is 0. The van der Waals surface area contributed by atoms with Crippen LogP contribution in [0.1, 0.15) is 84.5 Å². The molecule has 6 atom stereocenters. The molecule has 1 spiro atoms. The predicted octanol–water partition coefficient (Wildman–Crippen LogP) is 4.95. The van der Waals surface area contributed by atoms with E-state index in [9.17, 15) is 25.2 Å². The Bertz CT molecular complexity index is 1010. The van der Waals surface area contributed by atoms with Gasteiger partial charge in [0.2, 0.25) is 0 Å². The fraction of sp³-hybridized carbons (Fsp3) is 0.676. The Morgan fingerprint density at radius 3 is 2.65 bits per heavy atom. The average molecular weight is 556 g/mol. The zero-order valence-electron chi connectivity index (χ0n) is 25.0. The lowest BCUT2D eigenvalue weighted by Crippen LogP contribution is -2.63. The highest BCUT2D eigenvalue weighted by atomic mass is 16.3. The number of hydrogen-bond acceptors (Lipinski definition) is 6. The van der Waals surface area contributed by atoms with E-state index in [4.69, 9.17) is 0 Å². The van der Waals surface area contributed by atoms with Crippen LogP contribution in [0.2, 0.25) is 0 Å². The Labute approximate surface area is 241 Å². The fourth-order valence-electron chi connectivity index (χ4n) is 8.09. The van der Waals surface area contributed by atoms with E-state index in [0.29, 0.717) is 45.1 Å². The molecule has 0 aromatic rings. The van der Waals surface area contributed by atoms with Crippen molar-refractivity contribution < 1.29 is 25.2 Å². The van der Waals surface area contributed by atoms with Crippen molar-refractivity contribution in [3.63, 3.8) is 0 Å². The highest BCUT2D eigenvalue weighted by Crippen LogP contribution is 2.66. The molecule has 224 valence electrons. The SMILES string of the molecule is C=C(/C=C/C=C(/CO)[C@@H]1CC[C@]2([C@@H]1O)[C@@H](CCCO)C1=C(C=O)CCC[C@@H]1C[C@]2(O)CCNC)CCC=C(C)C. The van der Waals surface area contributed by atoms with E-state index < -0.39 is 17.1 Å². The average Bonchev–Trinajstić information content (AvgIpc) is 3.27. The van der Waals surface area contributed by atoms with Crippen LogP contribution in [0.25, 0.3) is 0 Å². The van der Waals surface area contributed by atoms with E-state index in [0.717, 1.165) is 60.7 Å². The molecule has 0 aromatic carbocycles. The van der Waals surface area contributed by atoms with E-state index in [1.54, 1.807) is 0 Å². The Hall–Kier alpha value is -1.83. The molecule has 6 heteroatoms. The monoisotopic (exact) mass is 555 g/mol. The molecular weight excluding hydrogens is 502 g/mol. The molecule has 40 heavy (non-hydrogen) atoms. The molecule has 0 aromatic heterocycles. The minimum atomic E-state index is -1.13. The van der Waals surface area contributed by atoms with Crippen LogP contribution in [-0.4, -0.2) is 65.2 Å². The van der Waals surface area contributed by atoms with Gasteiger partial charge < -0.3 is 25.7 Å². The highest BCUT2D eigenvalue weighted by molar-refractivity contribution is 5.75. The number of carbonyl (C=O) groups is 1. The van der Waals surface area contributed by atoms with Crippen LogP contribution < -0.4 is 5.32 Å². The molecule has 3 rings (SSSR count). The van der Waals surface area contributed by atoms with Gasteiger partial charge in [0.1, 0.15) is 6.29 Å². The fourth-order valence-corrected chi connectivity index (χ4v) is 8.09.